The minimum Gasteiger partial charge on any atom is -0.497 e. The third kappa shape index (κ3) is 3.87. The molecule has 2 aromatic carbocycles. The van der Waals surface area contributed by atoms with Gasteiger partial charge in [-0.2, -0.15) is 13.2 Å². The number of amides is 1. The van der Waals surface area contributed by atoms with Crippen LogP contribution >= 0.6 is 0 Å². The van der Waals surface area contributed by atoms with Gasteiger partial charge in [0.2, 0.25) is 0 Å². The maximum Gasteiger partial charge on any atom is 0.458 e. The van der Waals surface area contributed by atoms with Crippen LogP contribution in [0.5, 0.6) is 5.75 Å². The van der Waals surface area contributed by atoms with E-state index in [-0.39, 0.29) is 11.6 Å². The summed E-state index contributed by atoms with van der Waals surface area (Å²) in [5.74, 6) is -3.04. The van der Waals surface area contributed by atoms with Gasteiger partial charge in [0, 0.05) is 11.3 Å². The number of benzene rings is 2. The number of carbonyl (C=O) groups excluding carboxylic acids is 1. The number of anilines is 1. The van der Waals surface area contributed by atoms with Crippen LogP contribution < -0.4 is 10.1 Å². The van der Waals surface area contributed by atoms with E-state index in [1.54, 1.807) is 24.3 Å². The molecule has 6 nitrogen and oxygen atoms in total. The van der Waals surface area contributed by atoms with Crippen LogP contribution in [0.3, 0.4) is 0 Å². The van der Waals surface area contributed by atoms with Gasteiger partial charge in [-0.3, -0.25) is 4.79 Å². The molecule has 0 fully saturated rings. The SMILES string of the molecule is COc1ccc(C(=O)Nc2ccc(C3=NOC(O)(C(F)(F)F)C3)cc2)cc1. The average Bonchev–Trinajstić information content (AvgIpc) is 3.06. The first kappa shape index (κ1) is 18.7. The first-order valence-corrected chi connectivity index (χ1v) is 7.82. The summed E-state index contributed by atoms with van der Waals surface area (Å²) in [6, 6.07) is 12.5. The van der Waals surface area contributed by atoms with Crippen LogP contribution in [0.2, 0.25) is 0 Å². The van der Waals surface area contributed by atoms with Crippen LogP contribution in [0.25, 0.3) is 0 Å². The number of nitrogens with one attached hydrogen (secondary N) is 1. The molecule has 0 spiro atoms. The molecular weight excluding hydrogens is 365 g/mol. The predicted molar refractivity (Wildman–Crippen MR) is 90.6 cm³/mol. The number of hydrogen-bond donors (Lipinski definition) is 2. The van der Waals surface area contributed by atoms with Gasteiger partial charge in [0.25, 0.3) is 5.91 Å². The lowest BCUT2D eigenvalue weighted by Gasteiger charge is -2.22. The highest BCUT2D eigenvalue weighted by Crippen LogP contribution is 2.39. The Labute approximate surface area is 152 Å². The summed E-state index contributed by atoms with van der Waals surface area (Å²) in [6.45, 7) is 0. The van der Waals surface area contributed by atoms with Crippen molar-refractivity contribution >= 4 is 17.3 Å². The van der Waals surface area contributed by atoms with Crippen LogP contribution in [0.15, 0.2) is 53.7 Å². The highest BCUT2D eigenvalue weighted by atomic mass is 19.4. The van der Waals surface area contributed by atoms with E-state index in [0.717, 1.165) is 0 Å². The lowest BCUT2D eigenvalue weighted by molar-refractivity contribution is -0.355. The van der Waals surface area contributed by atoms with Crippen molar-refractivity contribution in [2.24, 2.45) is 5.16 Å². The number of aliphatic hydroxyl groups is 1. The second-order valence-corrected chi connectivity index (χ2v) is 5.85. The molecule has 1 unspecified atom stereocenters. The lowest BCUT2D eigenvalue weighted by Crippen LogP contribution is -2.45. The van der Waals surface area contributed by atoms with Gasteiger partial charge >= 0.3 is 12.0 Å². The van der Waals surface area contributed by atoms with Crippen LogP contribution in [0.4, 0.5) is 18.9 Å². The maximum atomic E-state index is 12.7. The van der Waals surface area contributed by atoms with E-state index in [2.05, 4.69) is 15.3 Å². The molecule has 1 amide bonds. The van der Waals surface area contributed by atoms with Crippen molar-refractivity contribution in [3.05, 3.63) is 59.7 Å². The van der Waals surface area contributed by atoms with E-state index in [4.69, 9.17) is 4.74 Å². The summed E-state index contributed by atoms with van der Waals surface area (Å²) < 4.78 is 43.3. The molecule has 0 saturated carbocycles. The van der Waals surface area contributed by atoms with E-state index >= 15 is 0 Å². The van der Waals surface area contributed by atoms with Gasteiger partial charge in [0.1, 0.15) is 5.75 Å². The zero-order chi connectivity index (χ0) is 19.7. The first-order chi connectivity index (χ1) is 12.7. The number of nitrogens with zero attached hydrogens (tertiary/aromatic N) is 1. The standard InChI is InChI=1S/C18H15F3N2O4/c1-26-14-8-4-12(5-9-14)16(24)22-13-6-2-11(3-7-13)15-10-17(25,27-23-15)18(19,20)21/h2-9,25H,10H2,1H3,(H,22,24). The van der Waals surface area contributed by atoms with E-state index in [1.165, 1.54) is 31.4 Å². The summed E-state index contributed by atoms with van der Waals surface area (Å²) in [5.41, 5.74) is 1.18. The quantitative estimate of drug-likeness (QED) is 0.853. The molecule has 1 aliphatic heterocycles. The largest absolute Gasteiger partial charge is 0.497 e. The van der Waals surface area contributed by atoms with E-state index in [1.807, 2.05) is 0 Å². The lowest BCUT2D eigenvalue weighted by atomic mass is 10.0. The highest BCUT2D eigenvalue weighted by Gasteiger charge is 2.60. The Morgan fingerprint density at radius 1 is 1.19 bits per heavy atom. The second-order valence-electron chi connectivity index (χ2n) is 5.85. The summed E-state index contributed by atoms with van der Waals surface area (Å²) in [6.07, 6.45) is -5.77. The van der Waals surface area contributed by atoms with Crippen LogP contribution in [-0.2, 0) is 4.84 Å². The maximum absolute atomic E-state index is 12.7. The number of oxime groups is 1. The smallest absolute Gasteiger partial charge is 0.458 e. The topological polar surface area (TPSA) is 80.2 Å². The zero-order valence-electron chi connectivity index (χ0n) is 14.1. The number of alkyl halides is 3. The second kappa shape index (κ2) is 6.92. The van der Waals surface area contributed by atoms with Gasteiger partial charge in [-0.1, -0.05) is 17.3 Å². The molecule has 1 heterocycles. The Hall–Kier alpha value is -3.07. The Balaban J connectivity index is 1.66. The summed E-state index contributed by atoms with van der Waals surface area (Å²) in [7, 11) is 1.52. The summed E-state index contributed by atoms with van der Waals surface area (Å²) >= 11 is 0. The fourth-order valence-corrected chi connectivity index (χ4v) is 2.42. The van der Waals surface area contributed by atoms with Crippen molar-refractivity contribution in [2.45, 2.75) is 18.4 Å². The first-order valence-electron chi connectivity index (χ1n) is 7.82. The molecule has 142 valence electrons. The molecule has 1 aliphatic rings. The fourth-order valence-electron chi connectivity index (χ4n) is 2.42. The van der Waals surface area contributed by atoms with Crippen molar-refractivity contribution in [1.29, 1.82) is 0 Å². The molecule has 0 bridgehead atoms. The molecule has 9 heteroatoms. The Kier molecular flexibility index (Phi) is 4.79. The van der Waals surface area contributed by atoms with Crippen LogP contribution in [0.1, 0.15) is 22.3 Å². The van der Waals surface area contributed by atoms with E-state index in [9.17, 15) is 23.1 Å². The zero-order valence-corrected chi connectivity index (χ0v) is 14.1. The molecule has 1 atom stereocenters. The molecular formula is C18H15F3N2O4. The molecule has 3 rings (SSSR count). The van der Waals surface area contributed by atoms with E-state index in [0.29, 0.717) is 22.6 Å². The fraction of sp³-hybridized carbons (Fsp3) is 0.222. The Morgan fingerprint density at radius 2 is 1.81 bits per heavy atom. The van der Waals surface area contributed by atoms with Gasteiger partial charge in [-0.05, 0) is 42.0 Å². The Morgan fingerprint density at radius 3 is 2.33 bits per heavy atom. The highest BCUT2D eigenvalue weighted by molar-refractivity contribution is 6.05. The van der Waals surface area contributed by atoms with Gasteiger partial charge in [0.15, 0.2) is 0 Å². The number of ether oxygens (including phenoxy) is 1. The van der Waals surface area contributed by atoms with Crippen LogP contribution in [-0.4, -0.2) is 35.8 Å². The number of hydrogen-bond acceptors (Lipinski definition) is 5. The van der Waals surface area contributed by atoms with Gasteiger partial charge in [-0.15, -0.1) is 0 Å². The third-order valence-corrected chi connectivity index (χ3v) is 3.99. The van der Waals surface area contributed by atoms with Crippen molar-refractivity contribution in [1.82, 2.24) is 0 Å². The van der Waals surface area contributed by atoms with Crippen LogP contribution in [0, 0.1) is 0 Å². The molecule has 27 heavy (non-hydrogen) atoms. The van der Waals surface area contributed by atoms with Crippen molar-refractivity contribution in [3.8, 4) is 5.75 Å². The van der Waals surface area contributed by atoms with Gasteiger partial charge < -0.3 is 20.0 Å². The van der Waals surface area contributed by atoms with Crippen molar-refractivity contribution in [3.63, 3.8) is 0 Å². The third-order valence-electron chi connectivity index (χ3n) is 3.99. The minimum atomic E-state index is -4.95. The van der Waals surface area contributed by atoms with Gasteiger partial charge in [-0.25, -0.2) is 0 Å². The number of methoxy groups -OCH3 is 1. The van der Waals surface area contributed by atoms with Gasteiger partial charge in [0.05, 0.1) is 19.2 Å². The molecule has 0 radical (unpaired) electrons. The molecule has 2 N–H and O–H groups in total. The number of rotatable bonds is 4. The molecule has 0 aliphatic carbocycles. The molecule has 0 saturated heterocycles. The minimum absolute atomic E-state index is 0.0390. The monoisotopic (exact) mass is 380 g/mol. The van der Waals surface area contributed by atoms with Crippen molar-refractivity contribution < 1.29 is 32.6 Å². The van der Waals surface area contributed by atoms with E-state index < -0.39 is 18.4 Å². The number of halogens is 3. The average molecular weight is 380 g/mol. The van der Waals surface area contributed by atoms with Crippen molar-refractivity contribution in [2.75, 3.05) is 12.4 Å². The summed E-state index contributed by atoms with van der Waals surface area (Å²) in [4.78, 5) is 16.4. The number of carbonyl (C=O) groups is 1. The summed E-state index contributed by atoms with van der Waals surface area (Å²) in [5, 5.41) is 15.5. The molecule has 2 aromatic rings. The predicted octanol–water partition coefficient (Wildman–Crippen LogP) is 3.32. The Bertz CT molecular complexity index is 864. The normalized spacial score (nSPS) is 19.2. The molecule has 0 aromatic heterocycles.